The molecule has 1 aliphatic carbocycles. The lowest BCUT2D eigenvalue weighted by atomic mass is 9.71. The molecule has 2 rings (SSSR count). The van der Waals surface area contributed by atoms with Gasteiger partial charge in [-0.15, -0.1) is 0 Å². The third-order valence-electron chi connectivity index (χ3n) is 5.09. The highest BCUT2D eigenvalue weighted by Gasteiger charge is 2.39. The first-order valence-corrected chi connectivity index (χ1v) is 8.39. The number of aryl methyl sites for hydroxylation is 1. The SMILES string of the molecule is CCc1ccc(CC(N)C2(CC(C)C)CCCC2)cc1. The van der Waals surface area contributed by atoms with Gasteiger partial charge in [-0.25, -0.2) is 0 Å². The van der Waals surface area contributed by atoms with Crippen LogP contribution in [0.2, 0.25) is 0 Å². The van der Waals surface area contributed by atoms with Crippen LogP contribution in [0.25, 0.3) is 0 Å². The number of benzene rings is 1. The average Bonchev–Trinajstić information content (AvgIpc) is 2.88. The number of rotatable bonds is 6. The van der Waals surface area contributed by atoms with Gasteiger partial charge >= 0.3 is 0 Å². The van der Waals surface area contributed by atoms with Gasteiger partial charge in [-0.3, -0.25) is 0 Å². The minimum atomic E-state index is 0.319. The summed E-state index contributed by atoms with van der Waals surface area (Å²) in [6.45, 7) is 6.88. The first-order chi connectivity index (χ1) is 9.55. The molecular weight excluding hydrogens is 242 g/mol. The molecular formula is C19H31N. The molecule has 1 unspecified atom stereocenters. The lowest BCUT2D eigenvalue weighted by Crippen LogP contribution is -2.42. The molecule has 1 aromatic carbocycles. The van der Waals surface area contributed by atoms with E-state index in [2.05, 4.69) is 45.0 Å². The molecule has 0 heterocycles. The minimum Gasteiger partial charge on any atom is -0.327 e. The summed E-state index contributed by atoms with van der Waals surface area (Å²) in [5.41, 5.74) is 9.89. The van der Waals surface area contributed by atoms with Crippen molar-refractivity contribution in [2.45, 2.75) is 71.8 Å². The molecule has 1 aliphatic rings. The van der Waals surface area contributed by atoms with Crippen LogP contribution < -0.4 is 5.73 Å². The van der Waals surface area contributed by atoms with Crippen molar-refractivity contribution in [3.63, 3.8) is 0 Å². The van der Waals surface area contributed by atoms with Crippen LogP contribution in [-0.2, 0) is 12.8 Å². The third-order valence-corrected chi connectivity index (χ3v) is 5.09. The van der Waals surface area contributed by atoms with Crippen LogP contribution in [0.5, 0.6) is 0 Å². The van der Waals surface area contributed by atoms with Gasteiger partial charge in [-0.05, 0) is 54.6 Å². The Morgan fingerprint density at radius 3 is 2.10 bits per heavy atom. The highest BCUT2D eigenvalue weighted by molar-refractivity contribution is 5.23. The van der Waals surface area contributed by atoms with Crippen LogP contribution in [0.4, 0.5) is 0 Å². The third kappa shape index (κ3) is 3.63. The fraction of sp³-hybridized carbons (Fsp3) is 0.684. The molecule has 0 aliphatic heterocycles. The summed E-state index contributed by atoms with van der Waals surface area (Å²) in [7, 11) is 0. The molecule has 0 bridgehead atoms. The normalized spacial score (nSPS) is 19.4. The van der Waals surface area contributed by atoms with Crippen molar-refractivity contribution in [2.24, 2.45) is 17.1 Å². The average molecular weight is 273 g/mol. The number of hydrogen-bond acceptors (Lipinski definition) is 1. The van der Waals surface area contributed by atoms with Gasteiger partial charge in [0.2, 0.25) is 0 Å². The van der Waals surface area contributed by atoms with E-state index in [0.717, 1.165) is 18.8 Å². The second kappa shape index (κ2) is 6.76. The molecule has 1 saturated carbocycles. The van der Waals surface area contributed by atoms with E-state index in [9.17, 15) is 0 Å². The zero-order valence-electron chi connectivity index (χ0n) is 13.5. The predicted octanol–water partition coefficient (Wildman–Crippen LogP) is 4.73. The van der Waals surface area contributed by atoms with E-state index in [4.69, 9.17) is 5.73 Å². The van der Waals surface area contributed by atoms with E-state index in [-0.39, 0.29) is 0 Å². The van der Waals surface area contributed by atoms with E-state index in [1.807, 2.05) is 0 Å². The highest BCUT2D eigenvalue weighted by Crippen LogP contribution is 2.46. The first kappa shape index (κ1) is 15.6. The summed E-state index contributed by atoms with van der Waals surface area (Å²) >= 11 is 0. The maximum Gasteiger partial charge on any atom is 0.0136 e. The van der Waals surface area contributed by atoms with Crippen molar-refractivity contribution in [3.05, 3.63) is 35.4 Å². The van der Waals surface area contributed by atoms with Gasteiger partial charge in [0.15, 0.2) is 0 Å². The van der Waals surface area contributed by atoms with Crippen LogP contribution in [0, 0.1) is 11.3 Å². The van der Waals surface area contributed by atoms with Gasteiger partial charge in [-0.2, -0.15) is 0 Å². The van der Waals surface area contributed by atoms with Crippen molar-refractivity contribution in [2.75, 3.05) is 0 Å². The molecule has 0 aromatic heterocycles. The molecule has 0 saturated heterocycles. The Kier molecular flexibility index (Phi) is 5.26. The Morgan fingerprint density at radius 2 is 1.60 bits per heavy atom. The van der Waals surface area contributed by atoms with Gasteiger partial charge in [0.05, 0.1) is 0 Å². The smallest absolute Gasteiger partial charge is 0.0136 e. The number of nitrogens with two attached hydrogens (primary N) is 1. The molecule has 1 fully saturated rings. The van der Waals surface area contributed by atoms with Crippen molar-refractivity contribution in [3.8, 4) is 0 Å². The van der Waals surface area contributed by atoms with E-state index < -0.39 is 0 Å². The first-order valence-electron chi connectivity index (χ1n) is 8.39. The van der Waals surface area contributed by atoms with Crippen LogP contribution >= 0.6 is 0 Å². The van der Waals surface area contributed by atoms with Crippen molar-refractivity contribution in [1.82, 2.24) is 0 Å². The lowest BCUT2D eigenvalue weighted by molar-refractivity contribution is 0.181. The Hall–Kier alpha value is -0.820. The molecule has 20 heavy (non-hydrogen) atoms. The van der Waals surface area contributed by atoms with Crippen molar-refractivity contribution >= 4 is 0 Å². The summed E-state index contributed by atoms with van der Waals surface area (Å²) < 4.78 is 0. The lowest BCUT2D eigenvalue weighted by Gasteiger charge is -2.37. The highest BCUT2D eigenvalue weighted by atomic mass is 14.7. The van der Waals surface area contributed by atoms with Crippen LogP contribution in [0.1, 0.15) is 64.0 Å². The molecule has 1 heteroatoms. The van der Waals surface area contributed by atoms with Gasteiger partial charge < -0.3 is 5.73 Å². The second-order valence-corrected chi connectivity index (χ2v) is 7.15. The van der Waals surface area contributed by atoms with Gasteiger partial charge in [0.25, 0.3) is 0 Å². The quantitative estimate of drug-likeness (QED) is 0.797. The van der Waals surface area contributed by atoms with Gasteiger partial charge in [-0.1, -0.05) is 57.9 Å². The molecule has 0 spiro atoms. The van der Waals surface area contributed by atoms with E-state index in [0.29, 0.717) is 11.5 Å². The molecule has 112 valence electrons. The molecule has 1 aromatic rings. The number of hydrogen-bond donors (Lipinski definition) is 1. The summed E-state index contributed by atoms with van der Waals surface area (Å²) in [6, 6.07) is 9.38. The van der Waals surface area contributed by atoms with Gasteiger partial charge in [0, 0.05) is 6.04 Å². The van der Waals surface area contributed by atoms with E-state index in [1.165, 1.54) is 43.2 Å². The Bertz CT molecular complexity index is 398. The summed E-state index contributed by atoms with van der Waals surface area (Å²) in [4.78, 5) is 0. The Balaban J connectivity index is 2.05. The molecule has 0 radical (unpaired) electrons. The molecule has 1 atom stereocenters. The Morgan fingerprint density at radius 1 is 1.05 bits per heavy atom. The zero-order chi connectivity index (χ0) is 14.6. The monoisotopic (exact) mass is 273 g/mol. The van der Waals surface area contributed by atoms with Crippen molar-refractivity contribution in [1.29, 1.82) is 0 Å². The molecule has 1 nitrogen and oxygen atoms in total. The zero-order valence-corrected chi connectivity index (χ0v) is 13.5. The van der Waals surface area contributed by atoms with E-state index >= 15 is 0 Å². The fourth-order valence-electron chi connectivity index (χ4n) is 4.00. The van der Waals surface area contributed by atoms with E-state index in [1.54, 1.807) is 0 Å². The largest absolute Gasteiger partial charge is 0.327 e. The van der Waals surface area contributed by atoms with Crippen LogP contribution in [0.3, 0.4) is 0 Å². The second-order valence-electron chi connectivity index (χ2n) is 7.15. The van der Waals surface area contributed by atoms with Crippen LogP contribution in [-0.4, -0.2) is 6.04 Å². The predicted molar refractivity (Wildman–Crippen MR) is 87.9 cm³/mol. The topological polar surface area (TPSA) is 26.0 Å². The minimum absolute atomic E-state index is 0.319. The molecule has 2 N–H and O–H groups in total. The summed E-state index contributed by atoms with van der Waals surface area (Å²) in [6.07, 6.45) is 8.85. The maximum atomic E-state index is 6.66. The Labute approximate surface area is 125 Å². The van der Waals surface area contributed by atoms with Crippen LogP contribution in [0.15, 0.2) is 24.3 Å². The summed E-state index contributed by atoms with van der Waals surface area (Å²) in [5, 5.41) is 0. The molecule has 0 amide bonds. The standard InChI is InChI=1S/C19H31N/c1-4-16-7-9-17(10-8-16)13-18(20)19(14-15(2)3)11-5-6-12-19/h7-10,15,18H,4-6,11-14,20H2,1-3H3. The maximum absolute atomic E-state index is 6.66. The fourth-order valence-corrected chi connectivity index (χ4v) is 4.00. The summed E-state index contributed by atoms with van der Waals surface area (Å²) in [5.74, 6) is 0.751. The van der Waals surface area contributed by atoms with Crippen molar-refractivity contribution < 1.29 is 0 Å². The van der Waals surface area contributed by atoms with Gasteiger partial charge in [0.1, 0.15) is 0 Å².